The number of nitrogens with zero attached hydrogens (tertiary/aromatic N) is 1. The van der Waals surface area contributed by atoms with Gasteiger partial charge in [-0.05, 0) is 48.4 Å². The lowest BCUT2D eigenvalue weighted by atomic mass is 10.1. The van der Waals surface area contributed by atoms with Crippen LogP contribution in [-0.4, -0.2) is 34.9 Å². The predicted octanol–water partition coefficient (Wildman–Crippen LogP) is 3.52. The maximum atomic E-state index is 5.33. The van der Waals surface area contributed by atoms with Crippen LogP contribution in [0.25, 0.3) is 0 Å². The van der Waals surface area contributed by atoms with Crippen molar-refractivity contribution in [1.82, 2.24) is 5.32 Å². The van der Waals surface area contributed by atoms with Gasteiger partial charge in [-0.15, -0.1) is 12.4 Å². The molecule has 1 N–H and O–H groups in total. The van der Waals surface area contributed by atoms with E-state index >= 15 is 0 Å². The average Bonchev–Trinajstić information content (AvgIpc) is 2.58. The number of rotatable bonds is 8. The maximum Gasteiger partial charge on any atom is 0.160 e. The van der Waals surface area contributed by atoms with Gasteiger partial charge in [0.15, 0.2) is 11.5 Å². The second-order valence-corrected chi connectivity index (χ2v) is 5.68. The number of benzene rings is 2. The van der Waals surface area contributed by atoms with Crippen LogP contribution in [0, 0.1) is 0 Å². The molecule has 0 saturated carbocycles. The Morgan fingerprint density at radius 2 is 1.50 bits per heavy atom. The Kier molecular flexibility index (Phi) is 8.44. The van der Waals surface area contributed by atoms with Gasteiger partial charge in [0.1, 0.15) is 0 Å². The molecule has 0 aromatic heterocycles. The van der Waals surface area contributed by atoms with Gasteiger partial charge in [-0.25, -0.2) is 0 Å². The van der Waals surface area contributed by atoms with E-state index in [1.807, 2.05) is 12.1 Å². The molecule has 5 heteroatoms. The first kappa shape index (κ1) is 20.1. The topological polar surface area (TPSA) is 33.7 Å². The van der Waals surface area contributed by atoms with E-state index in [1.165, 1.54) is 16.8 Å². The van der Waals surface area contributed by atoms with Gasteiger partial charge in [0, 0.05) is 26.3 Å². The first-order valence-corrected chi connectivity index (χ1v) is 7.82. The SMILES string of the molecule is COc1ccc(CCNCc2ccc(N(C)C)cc2)cc1OC.Cl. The lowest BCUT2D eigenvalue weighted by molar-refractivity contribution is 0.354. The summed E-state index contributed by atoms with van der Waals surface area (Å²) in [5.41, 5.74) is 3.75. The van der Waals surface area contributed by atoms with Crippen LogP contribution in [0.15, 0.2) is 42.5 Å². The summed E-state index contributed by atoms with van der Waals surface area (Å²) in [4.78, 5) is 2.11. The van der Waals surface area contributed by atoms with Gasteiger partial charge in [-0.3, -0.25) is 0 Å². The summed E-state index contributed by atoms with van der Waals surface area (Å²) in [5.74, 6) is 1.55. The molecule has 0 heterocycles. The smallest absolute Gasteiger partial charge is 0.160 e. The summed E-state index contributed by atoms with van der Waals surface area (Å²) in [6.45, 7) is 1.80. The zero-order valence-electron chi connectivity index (χ0n) is 14.8. The highest BCUT2D eigenvalue weighted by atomic mass is 35.5. The lowest BCUT2D eigenvalue weighted by Crippen LogP contribution is -2.17. The Labute approximate surface area is 151 Å². The zero-order valence-corrected chi connectivity index (χ0v) is 15.7. The molecule has 2 aromatic carbocycles. The molecule has 0 bridgehead atoms. The van der Waals surface area contributed by atoms with E-state index in [4.69, 9.17) is 9.47 Å². The Bertz CT molecular complexity index is 615. The van der Waals surface area contributed by atoms with Gasteiger partial charge in [-0.1, -0.05) is 18.2 Å². The fourth-order valence-electron chi connectivity index (χ4n) is 2.41. The summed E-state index contributed by atoms with van der Waals surface area (Å²) < 4.78 is 10.6. The maximum absolute atomic E-state index is 5.33. The van der Waals surface area contributed by atoms with Gasteiger partial charge >= 0.3 is 0 Å². The summed E-state index contributed by atoms with van der Waals surface area (Å²) in [6.07, 6.45) is 0.954. The van der Waals surface area contributed by atoms with E-state index < -0.39 is 0 Å². The number of ether oxygens (including phenoxy) is 2. The molecule has 0 saturated heterocycles. The van der Waals surface area contributed by atoms with Gasteiger partial charge in [-0.2, -0.15) is 0 Å². The van der Waals surface area contributed by atoms with Crippen LogP contribution in [0.5, 0.6) is 11.5 Å². The molecule has 0 aliphatic heterocycles. The first-order valence-electron chi connectivity index (χ1n) is 7.82. The molecule has 2 aromatic rings. The van der Waals surface area contributed by atoms with Crippen molar-refractivity contribution in [2.24, 2.45) is 0 Å². The fourth-order valence-corrected chi connectivity index (χ4v) is 2.41. The van der Waals surface area contributed by atoms with Crippen molar-refractivity contribution in [3.8, 4) is 11.5 Å². The van der Waals surface area contributed by atoms with Crippen LogP contribution in [0.2, 0.25) is 0 Å². The van der Waals surface area contributed by atoms with Crippen LogP contribution in [0.1, 0.15) is 11.1 Å². The number of nitrogens with one attached hydrogen (secondary N) is 1. The van der Waals surface area contributed by atoms with Gasteiger partial charge in [0.2, 0.25) is 0 Å². The average molecular weight is 351 g/mol. The highest BCUT2D eigenvalue weighted by Crippen LogP contribution is 2.27. The minimum absolute atomic E-state index is 0. The molecule has 0 unspecified atom stereocenters. The minimum Gasteiger partial charge on any atom is -0.493 e. The van der Waals surface area contributed by atoms with Crippen molar-refractivity contribution in [1.29, 1.82) is 0 Å². The van der Waals surface area contributed by atoms with Gasteiger partial charge in [0.05, 0.1) is 14.2 Å². The van der Waals surface area contributed by atoms with E-state index in [2.05, 4.69) is 54.6 Å². The van der Waals surface area contributed by atoms with E-state index in [-0.39, 0.29) is 12.4 Å². The largest absolute Gasteiger partial charge is 0.493 e. The molecule has 4 nitrogen and oxygen atoms in total. The monoisotopic (exact) mass is 350 g/mol. The van der Waals surface area contributed by atoms with Gasteiger partial charge in [0.25, 0.3) is 0 Å². The summed E-state index contributed by atoms with van der Waals surface area (Å²) in [7, 11) is 7.42. The second kappa shape index (κ2) is 10.1. The number of halogens is 1. The number of hydrogen-bond acceptors (Lipinski definition) is 4. The molecule has 0 fully saturated rings. The molecule has 2 rings (SSSR count). The van der Waals surface area contributed by atoms with E-state index in [9.17, 15) is 0 Å². The number of hydrogen-bond donors (Lipinski definition) is 1. The molecule has 0 aliphatic rings. The lowest BCUT2D eigenvalue weighted by Gasteiger charge is -2.13. The molecule has 0 atom stereocenters. The third-order valence-corrected chi connectivity index (χ3v) is 3.82. The zero-order chi connectivity index (χ0) is 16.7. The Morgan fingerprint density at radius 3 is 2.08 bits per heavy atom. The summed E-state index contributed by atoms with van der Waals surface area (Å²) >= 11 is 0. The van der Waals surface area contributed by atoms with E-state index in [0.29, 0.717) is 0 Å². The Morgan fingerprint density at radius 1 is 0.875 bits per heavy atom. The standard InChI is InChI=1S/C19H26N2O2.ClH/c1-21(2)17-8-5-16(6-9-17)14-20-12-11-15-7-10-18(22-3)19(13-15)23-4;/h5-10,13,20H,11-12,14H2,1-4H3;1H. The highest BCUT2D eigenvalue weighted by Gasteiger charge is 2.04. The first-order chi connectivity index (χ1) is 11.1. The molecule has 24 heavy (non-hydrogen) atoms. The van der Waals surface area contributed by atoms with Crippen molar-refractivity contribution >= 4 is 18.1 Å². The van der Waals surface area contributed by atoms with Crippen molar-refractivity contribution < 1.29 is 9.47 Å². The van der Waals surface area contributed by atoms with E-state index in [0.717, 1.165) is 31.0 Å². The molecule has 0 radical (unpaired) electrons. The van der Waals surface area contributed by atoms with Crippen molar-refractivity contribution in [3.63, 3.8) is 0 Å². The molecular weight excluding hydrogens is 324 g/mol. The molecule has 0 aliphatic carbocycles. The third-order valence-electron chi connectivity index (χ3n) is 3.82. The molecule has 0 spiro atoms. The molecule has 0 amide bonds. The number of anilines is 1. The quantitative estimate of drug-likeness (QED) is 0.738. The van der Waals surface area contributed by atoms with Crippen molar-refractivity contribution in [2.45, 2.75) is 13.0 Å². The Balaban J connectivity index is 0.00000288. The number of methoxy groups -OCH3 is 2. The van der Waals surface area contributed by atoms with Crippen molar-refractivity contribution in [2.75, 3.05) is 39.8 Å². The van der Waals surface area contributed by atoms with Crippen LogP contribution >= 0.6 is 12.4 Å². The molecular formula is C19H27ClN2O2. The normalized spacial score (nSPS) is 10.0. The third kappa shape index (κ3) is 5.62. The van der Waals surface area contributed by atoms with Crippen molar-refractivity contribution in [3.05, 3.63) is 53.6 Å². The van der Waals surface area contributed by atoms with Gasteiger partial charge < -0.3 is 19.7 Å². The highest BCUT2D eigenvalue weighted by molar-refractivity contribution is 5.85. The summed E-state index contributed by atoms with van der Waals surface area (Å²) in [5, 5.41) is 3.48. The Hall–Kier alpha value is -1.91. The van der Waals surface area contributed by atoms with Crippen LogP contribution in [0.3, 0.4) is 0 Å². The second-order valence-electron chi connectivity index (χ2n) is 5.68. The summed E-state index contributed by atoms with van der Waals surface area (Å²) in [6, 6.07) is 14.7. The molecule has 132 valence electrons. The fraction of sp³-hybridized carbons (Fsp3) is 0.368. The van der Waals surface area contributed by atoms with Crippen LogP contribution < -0.4 is 19.7 Å². The van der Waals surface area contributed by atoms with E-state index in [1.54, 1.807) is 14.2 Å². The van der Waals surface area contributed by atoms with Crippen LogP contribution in [0.4, 0.5) is 5.69 Å². The van der Waals surface area contributed by atoms with Crippen LogP contribution in [-0.2, 0) is 13.0 Å². The predicted molar refractivity (Wildman–Crippen MR) is 103 cm³/mol. The minimum atomic E-state index is 0.